The largest absolute Gasteiger partial charge is 0.544 e. The van der Waals surface area contributed by atoms with Gasteiger partial charge < -0.3 is 13.9 Å². The molecule has 0 heterocycles. The van der Waals surface area contributed by atoms with Gasteiger partial charge >= 0.3 is 5.97 Å². The van der Waals surface area contributed by atoms with Gasteiger partial charge in [-0.2, -0.15) is 0 Å². The molecule has 0 amide bonds. The fourth-order valence-corrected chi connectivity index (χ4v) is 2.74. The standard InChI is InChI=1S/C17H26O4Si/c1-17(2,16(18)19-3)15(21-22(4,5)6)13-20-12-14-10-8-7-9-11-14/h7-11,13H,12H2,1-6H3/b15-13-. The van der Waals surface area contributed by atoms with Crippen molar-refractivity contribution in [1.29, 1.82) is 0 Å². The average molecular weight is 322 g/mol. The van der Waals surface area contributed by atoms with E-state index >= 15 is 0 Å². The maximum absolute atomic E-state index is 12.0. The molecule has 0 bridgehead atoms. The molecule has 0 atom stereocenters. The van der Waals surface area contributed by atoms with Crippen LogP contribution in [-0.4, -0.2) is 21.4 Å². The summed E-state index contributed by atoms with van der Waals surface area (Å²) in [5.74, 6) is 0.162. The zero-order valence-corrected chi connectivity index (χ0v) is 15.3. The predicted octanol–water partition coefficient (Wildman–Crippen LogP) is 4.10. The minimum absolute atomic E-state index is 0.347. The molecular weight excluding hydrogens is 296 g/mol. The normalized spacial score (nSPS) is 12.7. The van der Waals surface area contributed by atoms with Crippen LogP contribution in [0, 0.1) is 5.41 Å². The number of ether oxygens (including phenoxy) is 2. The van der Waals surface area contributed by atoms with Gasteiger partial charge in [-0.25, -0.2) is 0 Å². The third kappa shape index (κ3) is 5.56. The van der Waals surface area contributed by atoms with Crippen LogP contribution in [-0.2, 0) is 25.3 Å². The highest BCUT2D eigenvalue weighted by Crippen LogP contribution is 2.31. The zero-order valence-electron chi connectivity index (χ0n) is 14.3. The van der Waals surface area contributed by atoms with Crippen molar-refractivity contribution in [2.24, 2.45) is 5.41 Å². The Bertz CT molecular complexity index is 515. The van der Waals surface area contributed by atoms with Crippen molar-refractivity contribution in [3.05, 3.63) is 47.9 Å². The molecule has 0 aliphatic rings. The first-order chi connectivity index (χ1) is 10.2. The summed E-state index contributed by atoms with van der Waals surface area (Å²) in [7, 11) is -0.498. The van der Waals surface area contributed by atoms with Crippen molar-refractivity contribution >= 4 is 14.3 Å². The van der Waals surface area contributed by atoms with Crippen molar-refractivity contribution < 1.29 is 18.7 Å². The van der Waals surface area contributed by atoms with E-state index in [0.29, 0.717) is 12.4 Å². The summed E-state index contributed by atoms with van der Waals surface area (Å²) in [6.07, 6.45) is 1.54. The van der Waals surface area contributed by atoms with Crippen LogP contribution in [0.5, 0.6) is 0 Å². The summed E-state index contributed by atoms with van der Waals surface area (Å²) < 4.78 is 16.5. The number of carbonyl (C=O) groups is 1. The molecule has 0 aliphatic carbocycles. The number of hydrogen-bond donors (Lipinski definition) is 0. The minimum atomic E-state index is -1.87. The third-order valence-electron chi connectivity index (χ3n) is 3.01. The van der Waals surface area contributed by atoms with Crippen molar-refractivity contribution in [1.82, 2.24) is 0 Å². The lowest BCUT2D eigenvalue weighted by molar-refractivity contribution is -0.150. The minimum Gasteiger partial charge on any atom is -0.544 e. The highest BCUT2D eigenvalue weighted by molar-refractivity contribution is 6.70. The molecule has 5 heteroatoms. The molecule has 0 spiro atoms. The maximum Gasteiger partial charge on any atom is 0.318 e. The monoisotopic (exact) mass is 322 g/mol. The molecule has 1 aromatic rings. The Morgan fingerprint density at radius 3 is 2.27 bits per heavy atom. The van der Waals surface area contributed by atoms with Crippen molar-refractivity contribution in [3.8, 4) is 0 Å². The van der Waals surface area contributed by atoms with E-state index in [9.17, 15) is 4.79 Å². The summed E-state index contributed by atoms with van der Waals surface area (Å²) in [5.41, 5.74) is 0.174. The van der Waals surface area contributed by atoms with Gasteiger partial charge in [-0.1, -0.05) is 30.3 Å². The molecule has 0 unspecified atom stereocenters. The van der Waals surface area contributed by atoms with E-state index in [-0.39, 0.29) is 5.97 Å². The molecule has 0 fully saturated rings. The van der Waals surface area contributed by atoms with Gasteiger partial charge in [0.15, 0.2) is 0 Å². The summed E-state index contributed by atoms with van der Waals surface area (Å²) in [5, 5.41) is 0. The first-order valence-electron chi connectivity index (χ1n) is 7.30. The Balaban J connectivity index is 2.90. The molecule has 22 heavy (non-hydrogen) atoms. The first kappa shape index (κ1) is 18.3. The Morgan fingerprint density at radius 2 is 1.77 bits per heavy atom. The smallest absolute Gasteiger partial charge is 0.318 e. The summed E-state index contributed by atoms with van der Waals surface area (Å²) in [6, 6.07) is 9.84. The highest BCUT2D eigenvalue weighted by Gasteiger charge is 2.37. The summed E-state index contributed by atoms with van der Waals surface area (Å²) in [4.78, 5) is 12.0. The predicted molar refractivity (Wildman–Crippen MR) is 89.5 cm³/mol. The second-order valence-electron chi connectivity index (χ2n) is 6.61. The van der Waals surface area contributed by atoms with Crippen LogP contribution in [0.15, 0.2) is 42.4 Å². The molecule has 4 nitrogen and oxygen atoms in total. The number of esters is 1. The highest BCUT2D eigenvalue weighted by atomic mass is 28.4. The van der Waals surface area contributed by atoms with Gasteiger partial charge in [-0.15, -0.1) is 0 Å². The van der Waals surface area contributed by atoms with Gasteiger partial charge in [-0.05, 0) is 39.1 Å². The molecule has 0 N–H and O–H groups in total. The van der Waals surface area contributed by atoms with Crippen molar-refractivity contribution in [2.75, 3.05) is 7.11 Å². The van der Waals surface area contributed by atoms with Gasteiger partial charge in [0, 0.05) is 0 Å². The van der Waals surface area contributed by atoms with E-state index in [1.54, 1.807) is 20.1 Å². The quantitative estimate of drug-likeness (QED) is 0.431. The van der Waals surface area contributed by atoms with Crippen LogP contribution in [0.2, 0.25) is 19.6 Å². The van der Waals surface area contributed by atoms with Crippen LogP contribution >= 0.6 is 0 Å². The van der Waals surface area contributed by atoms with E-state index in [2.05, 4.69) is 19.6 Å². The Hall–Kier alpha value is -1.75. The van der Waals surface area contributed by atoms with E-state index < -0.39 is 13.7 Å². The SMILES string of the molecule is COC(=O)C(C)(C)/C(=C/OCc1ccccc1)O[Si](C)(C)C. The number of carbonyl (C=O) groups excluding carboxylic acids is 1. The lowest BCUT2D eigenvalue weighted by atomic mass is 9.92. The Labute approximate surface area is 134 Å². The number of hydrogen-bond acceptors (Lipinski definition) is 4. The first-order valence-corrected chi connectivity index (χ1v) is 10.7. The van der Waals surface area contributed by atoms with Gasteiger partial charge in [0.2, 0.25) is 8.32 Å². The Kier molecular flexibility index (Phi) is 6.23. The molecule has 0 radical (unpaired) electrons. The van der Waals surface area contributed by atoms with Crippen LogP contribution < -0.4 is 0 Å². The molecule has 1 rings (SSSR count). The second-order valence-corrected chi connectivity index (χ2v) is 11.0. The fourth-order valence-electron chi connectivity index (χ4n) is 1.77. The maximum atomic E-state index is 12.0. The van der Waals surface area contributed by atoms with Crippen LogP contribution in [0.4, 0.5) is 0 Å². The fraction of sp³-hybridized carbons (Fsp3) is 0.471. The Morgan fingerprint density at radius 1 is 1.18 bits per heavy atom. The number of rotatable bonds is 7. The molecule has 0 saturated carbocycles. The van der Waals surface area contributed by atoms with Crippen LogP contribution in [0.1, 0.15) is 19.4 Å². The van der Waals surface area contributed by atoms with Gasteiger partial charge in [-0.3, -0.25) is 4.79 Å². The van der Waals surface area contributed by atoms with E-state index in [1.165, 1.54) is 7.11 Å². The van der Waals surface area contributed by atoms with Crippen molar-refractivity contribution in [2.45, 2.75) is 40.1 Å². The molecule has 122 valence electrons. The molecule has 0 saturated heterocycles. The molecule has 1 aromatic carbocycles. The number of benzene rings is 1. The lowest BCUT2D eigenvalue weighted by Gasteiger charge is -2.30. The van der Waals surface area contributed by atoms with E-state index in [1.807, 2.05) is 30.3 Å². The van der Waals surface area contributed by atoms with E-state index in [4.69, 9.17) is 13.9 Å². The summed E-state index contributed by atoms with van der Waals surface area (Å²) >= 11 is 0. The summed E-state index contributed by atoms with van der Waals surface area (Å²) in [6.45, 7) is 10.2. The van der Waals surface area contributed by atoms with Crippen molar-refractivity contribution in [3.63, 3.8) is 0 Å². The van der Waals surface area contributed by atoms with Crippen LogP contribution in [0.3, 0.4) is 0 Å². The lowest BCUT2D eigenvalue weighted by Crippen LogP contribution is -2.35. The van der Waals surface area contributed by atoms with Gasteiger partial charge in [0.25, 0.3) is 0 Å². The van der Waals surface area contributed by atoms with Gasteiger partial charge in [0.05, 0.1) is 7.11 Å². The molecular formula is C17H26O4Si. The van der Waals surface area contributed by atoms with Crippen LogP contribution in [0.25, 0.3) is 0 Å². The van der Waals surface area contributed by atoms with Gasteiger partial charge in [0.1, 0.15) is 24.0 Å². The molecule has 0 aromatic heterocycles. The van der Waals surface area contributed by atoms with E-state index in [0.717, 1.165) is 5.56 Å². The second kappa shape index (κ2) is 7.49. The number of methoxy groups -OCH3 is 1. The third-order valence-corrected chi connectivity index (χ3v) is 3.84. The zero-order chi connectivity index (χ0) is 16.8. The average Bonchev–Trinajstić information content (AvgIpc) is 2.45. The topological polar surface area (TPSA) is 44.8 Å². The molecule has 0 aliphatic heterocycles.